The Morgan fingerprint density at radius 1 is 1.45 bits per heavy atom. The molecule has 2 rings (SSSR count). The molecule has 0 bridgehead atoms. The van der Waals surface area contributed by atoms with Crippen molar-refractivity contribution in [1.82, 2.24) is 4.90 Å². The van der Waals surface area contributed by atoms with Gasteiger partial charge >= 0.3 is 0 Å². The Morgan fingerprint density at radius 2 is 2.10 bits per heavy atom. The third-order valence-corrected chi connectivity index (χ3v) is 3.62. The van der Waals surface area contributed by atoms with Crippen LogP contribution in [0.5, 0.6) is 0 Å². The van der Waals surface area contributed by atoms with Gasteiger partial charge in [-0.1, -0.05) is 30.3 Å². The van der Waals surface area contributed by atoms with Gasteiger partial charge in [0.1, 0.15) is 0 Å². The number of hydrogen-bond donors (Lipinski definition) is 1. The zero-order chi connectivity index (χ0) is 14.8. The van der Waals surface area contributed by atoms with E-state index in [9.17, 15) is 4.79 Å². The summed E-state index contributed by atoms with van der Waals surface area (Å²) in [6, 6.07) is 9.75. The number of morpholine rings is 1. The third kappa shape index (κ3) is 3.38. The van der Waals surface area contributed by atoms with Crippen LogP contribution in [0.15, 0.2) is 30.3 Å². The Kier molecular flexibility index (Phi) is 4.45. The molecule has 1 aromatic rings. The number of carbonyl (C=O) groups excluding carboxylic acids is 1. The molecule has 4 nitrogen and oxygen atoms in total. The van der Waals surface area contributed by atoms with E-state index in [1.54, 1.807) is 0 Å². The number of nitrogens with zero attached hydrogens (tertiary/aromatic N) is 1. The summed E-state index contributed by atoms with van der Waals surface area (Å²) in [5.41, 5.74) is 6.52. The maximum absolute atomic E-state index is 12.8. The maximum atomic E-state index is 12.8. The number of rotatable bonds is 3. The fourth-order valence-corrected chi connectivity index (χ4v) is 2.91. The monoisotopic (exact) mass is 276 g/mol. The second kappa shape index (κ2) is 5.94. The van der Waals surface area contributed by atoms with E-state index < -0.39 is 0 Å². The van der Waals surface area contributed by atoms with E-state index in [0.717, 1.165) is 5.56 Å². The van der Waals surface area contributed by atoms with Crippen LogP contribution in [0.1, 0.15) is 32.3 Å². The average Bonchev–Trinajstić information content (AvgIpc) is 2.38. The Balaban J connectivity index is 2.17. The maximum Gasteiger partial charge on any atom is 0.231 e. The van der Waals surface area contributed by atoms with Gasteiger partial charge in [-0.25, -0.2) is 0 Å². The third-order valence-electron chi connectivity index (χ3n) is 3.62. The minimum absolute atomic E-state index is 0.0527. The van der Waals surface area contributed by atoms with Crippen molar-refractivity contribution in [3.8, 4) is 0 Å². The fraction of sp³-hybridized carbons (Fsp3) is 0.562. The summed E-state index contributed by atoms with van der Waals surface area (Å²) < 4.78 is 5.85. The number of ether oxygens (including phenoxy) is 1. The molecule has 2 N–H and O–H groups in total. The van der Waals surface area contributed by atoms with E-state index in [0.29, 0.717) is 19.6 Å². The van der Waals surface area contributed by atoms with Crippen LogP contribution in [0.3, 0.4) is 0 Å². The molecule has 110 valence electrons. The van der Waals surface area contributed by atoms with Gasteiger partial charge in [-0.05, 0) is 26.3 Å². The van der Waals surface area contributed by atoms with Gasteiger partial charge in [0.05, 0.1) is 17.6 Å². The largest absolute Gasteiger partial charge is 0.369 e. The van der Waals surface area contributed by atoms with Crippen molar-refractivity contribution in [2.75, 3.05) is 19.6 Å². The minimum Gasteiger partial charge on any atom is -0.369 e. The van der Waals surface area contributed by atoms with Gasteiger partial charge in [0.15, 0.2) is 0 Å². The molecule has 1 aliphatic heterocycles. The first-order chi connectivity index (χ1) is 9.43. The zero-order valence-corrected chi connectivity index (χ0v) is 12.5. The smallest absolute Gasteiger partial charge is 0.231 e. The van der Waals surface area contributed by atoms with Crippen LogP contribution in [0.2, 0.25) is 0 Å². The molecule has 20 heavy (non-hydrogen) atoms. The highest BCUT2D eigenvalue weighted by atomic mass is 16.5. The van der Waals surface area contributed by atoms with Crippen LogP contribution >= 0.6 is 0 Å². The predicted octanol–water partition coefficient (Wildman–Crippen LogP) is 1.75. The van der Waals surface area contributed by atoms with Crippen molar-refractivity contribution in [2.45, 2.75) is 38.4 Å². The van der Waals surface area contributed by atoms with Crippen molar-refractivity contribution in [2.24, 2.45) is 5.73 Å². The molecule has 1 heterocycles. The van der Waals surface area contributed by atoms with Gasteiger partial charge in [0.2, 0.25) is 5.91 Å². The molecule has 0 radical (unpaired) electrons. The number of amides is 1. The summed E-state index contributed by atoms with van der Waals surface area (Å²) in [7, 11) is 0. The zero-order valence-electron chi connectivity index (χ0n) is 12.5. The molecule has 1 aromatic carbocycles. The van der Waals surface area contributed by atoms with Crippen molar-refractivity contribution < 1.29 is 9.53 Å². The van der Waals surface area contributed by atoms with E-state index in [1.165, 1.54) is 0 Å². The highest BCUT2D eigenvalue weighted by molar-refractivity contribution is 5.84. The summed E-state index contributed by atoms with van der Waals surface area (Å²) in [5.74, 6) is -0.167. The SMILES string of the molecule is C[C@H]1CN(C(=O)[C@H](CN)c2ccccc2)CC(C)(C)O1. The van der Waals surface area contributed by atoms with Gasteiger partial charge in [0, 0.05) is 19.6 Å². The molecular weight excluding hydrogens is 252 g/mol. The molecule has 0 saturated carbocycles. The van der Waals surface area contributed by atoms with Crippen molar-refractivity contribution in [1.29, 1.82) is 0 Å². The number of benzene rings is 1. The molecule has 1 saturated heterocycles. The van der Waals surface area contributed by atoms with E-state index in [1.807, 2.05) is 56.0 Å². The fourth-order valence-electron chi connectivity index (χ4n) is 2.91. The van der Waals surface area contributed by atoms with Gasteiger partial charge in [0.25, 0.3) is 0 Å². The summed E-state index contributed by atoms with van der Waals surface area (Å²) in [5, 5.41) is 0. The molecule has 1 aliphatic rings. The van der Waals surface area contributed by atoms with Gasteiger partial charge in [-0.2, -0.15) is 0 Å². The van der Waals surface area contributed by atoms with Crippen molar-refractivity contribution in [3.63, 3.8) is 0 Å². The lowest BCUT2D eigenvalue weighted by molar-refractivity contribution is -0.159. The molecule has 2 atom stereocenters. The van der Waals surface area contributed by atoms with Gasteiger partial charge in [-0.15, -0.1) is 0 Å². The van der Waals surface area contributed by atoms with Gasteiger partial charge in [-0.3, -0.25) is 4.79 Å². The highest BCUT2D eigenvalue weighted by Gasteiger charge is 2.36. The topological polar surface area (TPSA) is 55.6 Å². The van der Waals surface area contributed by atoms with Crippen LogP contribution in [0, 0.1) is 0 Å². The van der Waals surface area contributed by atoms with E-state index in [4.69, 9.17) is 10.5 Å². The van der Waals surface area contributed by atoms with E-state index in [-0.39, 0.29) is 23.5 Å². The van der Waals surface area contributed by atoms with E-state index >= 15 is 0 Å². The molecule has 0 aliphatic carbocycles. The molecule has 1 amide bonds. The quantitative estimate of drug-likeness (QED) is 0.915. The molecule has 4 heteroatoms. The highest BCUT2D eigenvalue weighted by Crippen LogP contribution is 2.25. The first kappa shape index (κ1) is 15.0. The van der Waals surface area contributed by atoms with Gasteiger partial charge < -0.3 is 15.4 Å². The second-order valence-corrected chi connectivity index (χ2v) is 6.11. The first-order valence-electron chi connectivity index (χ1n) is 7.14. The number of carbonyl (C=O) groups is 1. The minimum atomic E-state index is -0.302. The van der Waals surface area contributed by atoms with E-state index in [2.05, 4.69) is 0 Å². The van der Waals surface area contributed by atoms with Crippen LogP contribution in [0.25, 0.3) is 0 Å². The normalized spacial score (nSPS) is 23.4. The van der Waals surface area contributed by atoms with Crippen LogP contribution in [0.4, 0.5) is 0 Å². The standard InChI is InChI=1S/C16H24N2O2/c1-12-10-18(11-16(2,3)20-12)15(19)14(9-17)13-7-5-4-6-8-13/h4-8,12,14H,9-11,17H2,1-3H3/t12-,14+/m0/s1. The lowest BCUT2D eigenvalue weighted by Crippen LogP contribution is -2.55. The Morgan fingerprint density at radius 3 is 2.65 bits per heavy atom. The molecular formula is C16H24N2O2. The lowest BCUT2D eigenvalue weighted by Gasteiger charge is -2.42. The summed E-state index contributed by atoms with van der Waals surface area (Å²) in [6.07, 6.45) is 0.0527. The Hall–Kier alpha value is -1.39. The predicted molar refractivity (Wildman–Crippen MR) is 79.4 cm³/mol. The molecule has 0 aromatic heterocycles. The second-order valence-electron chi connectivity index (χ2n) is 6.11. The van der Waals surface area contributed by atoms with Crippen molar-refractivity contribution in [3.05, 3.63) is 35.9 Å². The lowest BCUT2D eigenvalue weighted by atomic mass is 9.96. The Bertz CT molecular complexity index is 459. The first-order valence-corrected chi connectivity index (χ1v) is 7.14. The summed E-state index contributed by atoms with van der Waals surface area (Å²) >= 11 is 0. The molecule has 1 fully saturated rings. The number of hydrogen-bond acceptors (Lipinski definition) is 3. The molecule has 0 unspecified atom stereocenters. The Labute approximate surface area is 120 Å². The van der Waals surface area contributed by atoms with Crippen LogP contribution in [-0.2, 0) is 9.53 Å². The van der Waals surface area contributed by atoms with Crippen molar-refractivity contribution >= 4 is 5.91 Å². The van der Waals surface area contributed by atoms with Crippen LogP contribution < -0.4 is 5.73 Å². The molecule has 0 spiro atoms. The average molecular weight is 276 g/mol. The summed E-state index contributed by atoms with van der Waals surface area (Å²) in [6.45, 7) is 7.60. The van der Waals surface area contributed by atoms with Crippen LogP contribution in [-0.4, -0.2) is 42.1 Å². The summed E-state index contributed by atoms with van der Waals surface area (Å²) in [4.78, 5) is 14.6. The number of nitrogens with two attached hydrogens (primary N) is 1.